The monoisotopic (exact) mass is 276 g/mol. The molecule has 3 nitrogen and oxygen atoms in total. The number of carbonyl (C=O) groups is 1. The minimum atomic E-state index is 0.119. The highest BCUT2D eigenvalue weighted by Gasteiger charge is 2.33. The first kappa shape index (κ1) is 12.9. The second kappa shape index (κ2) is 5.08. The molecule has 1 saturated heterocycles. The molecule has 2 unspecified atom stereocenters. The van der Waals surface area contributed by atoms with Gasteiger partial charge in [0.25, 0.3) is 0 Å². The molecule has 1 aliphatic carbocycles. The highest BCUT2D eigenvalue weighted by molar-refractivity contribution is 7.11. The number of hydrogen-bond donors (Lipinski definition) is 0. The van der Waals surface area contributed by atoms with Crippen LogP contribution in [-0.2, 0) is 17.6 Å². The second-order valence-electron chi connectivity index (χ2n) is 5.55. The molecule has 0 N–H and O–H groups in total. The number of nitrogens with zero attached hydrogens (tertiary/aromatic N) is 2. The van der Waals surface area contributed by atoms with Crippen molar-refractivity contribution in [3.8, 4) is 0 Å². The van der Waals surface area contributed by atoms with E-state index in [1.54, 1.807) is 0 Å². The van der Waals surface area contributed by atoms with Crippen molar-refractivity contribution < 1.29 is 4.79 Å². The molecular weight excluding hydrogens is 256 g/mol. The van der Waals surface area contributed by atoms with E-state index in [1.165, 1.54) is 29.8 Å². The minimum Gasteiger partial charge on any atom is -0.333 e. The van der Waals surface area contributed by atoms with Crippen LogP contribution in [0.3, 0.4) is 0 Å². The maximum atomic E-state index is 12.1. The van der Waals surface area contributed by atoms with Gasteiger partial charge < -0.3 is 4.90 Å². The molecule has 3 rings (SSSR count). The molecule has 4 heteroatoms. The Hall–Kier alpha value is -1.16. The van der Waals surface area contributed by atoms with Crippen LogP contribution in [0.5, 0.6) is 0 Å². The van der Waals surface area contributed by atoms with E-state index in [4.69, 9.17) is 4.98 Å². The third-order valence-electron chi connectivity index (χ3n) is 4.21. The Bertz CT molecular complexity index is 485. The Kier molecular flexibility index (Phi) is 3.44. The fourth-order valence-corrected chi connectivity index (χ4v) is 4.19. The summed E-state index contributed by atoms with van der Waals surface area (Å²) in [6.45, 7) is 6.71. The largest absolute Gasteiger partial charge is 0.333 e. The Morgan fingerprint density at radius 2 is 2.26 bits per heavy atom. The lowest BCUT2D eigenvalue weighted by Crippen LogP contribution is -2.28. The first-order chi connectivity index (χ1) is 9.19. The van der Waals surface area contributed by atoms with E-state index < -0.39 is 0 Å². The van der Waals surface area contributed by atoms with Gasteiger partial charge in [0, 0.05) is 23.8 Å². The topological polar surface area (TPSA) is 33.2 Å². The number of fused-ring (bicyclic) bond motifs is 1. The summed E-state index contributed by atoms with van der Waals surface area (Å²) >= 11 is 1.81. The van der Waals surface area contributed by atoms with E-state index in [0.29, 0.717) is 12.3 Å². The van der Waals surface area contributed by atoms with E-state index in [1.807, 2.05) is 22.3 Å². The number of hydrogen-bond acceptors (Lipinski definition) is 3. The predicted octanol–water partition coefficient (Wildman–Crippen LogP) is 3.12. The van der Waals surface area contributed by atoms with E-state index in [9.17, 15) is 4.79 Å². The molecule has 2 atom stereocenters. The summed E-state index contributed by atoms with van der Waals surface area (Å²) in [5, 5.41) is 1.12. The summed E-state index contributed by atoms with van der Waals surface area (Å²) in [5.74, 6) is 0.551. The van der Waals surface area contributed by atoms with Gasteiger partial charge in [-0.15, -0.1) is 17.9 Å². The van der Waals surface area contributed by atoms with Crippen LogP contribution in [0.1, 0.15) is 47.8 Å². The Morgan fingerprint density at radius 1 is 1.47 bits per heavy atom. The third kappa shape index (κ3) is 2.34. The summed E-state index contributed by atoms with van der Waals surface area (Å²) < 4.78 is 0. The molecule has 1 aromatic heterocycles. The molecule has 0 aromatic carbocycles. The maximum absolute atomic E-state index is 12.1. The molecule has 2 heterocycles. The molecule has 0 bridgehead atoms. The van der Waals surface area contributed by atoms with Crippen LogP contribution in [0, 0.1) is 5.92 Å². The Balaban J connectivity index is 1.80. The highest BCUT2D eigenvalue weighted by atomic mass is 32.1. The smallest absolute Gasteiger partial charge is 0.223 e. The summed E-state index contributed by atoms with van der Waals surface area (Å²) in [7, 11) is 0. The molecule has 102 valence electrons. The van der Waals surface area contributed by atoms with E-state index in [2.05, 4.69) is 13.5 Å². The van der Waals surface area contributed by atoms with Crippen LogP contribution < -0.4 is 0 Å². The van der Waals surface area contributed by atoms with Gasteiger partial charge in [-0.3, -0.25) is 4.79 Å². The van der Waals surface area contributed by atoms with Crippen LogP contribution in [0.15, 0.2) is 12.7 Å². The molecule has 1 aromatic rings. The van der Waals surface area contributed by atoms with Gasteiger partial charge in [-0.2, -0.15) is 0 Å². The summed E-state index contributed by atoms with van der Waals surface area (Å²) in [5.41, 5.74) is 1.28. The van der Waals surface area contributed by atoms with Crippen LogP contribution in [-0.4, -0.2) is 22.3 Å². The number of rotatable bonds is 3. The molecule has 19 heavy (non-hydrogen) atoms. The molecule has 1 amide bonds. The second-order valence-corrected chi connectivity index (χ2v) is 6.67. The first-order valence-electron chi connectivity index (χ1n) is 7.09. The van der Waals surface area contributed by atoms with Crippen molar-refractivity contribution in [1.82, 2.24) is 9.88 Å². The van der Waals surface area contributed by atoms with Gasteiger partial charge in [0.1, 0.15) is 5.01 Å². The van der Waals surface area contributed by atoms with Crippen LogP contribution in [0.4, 0.5) is 0 Å². The van der Waals surface area contributed by atoms with Gasteiger partial charge in [0.2, 0.25) is 5.91 Å². The van der Waals surface area contributed by atoms with Gasteiger partial charge >= 0.3 is 0 Å². The molecule has 2 aliphatic rings. The Labute approximate surface area is 118 Å². The summed E-state index contributed by atoms with van der Waals surface area (Å²) in [6.07, 6.45) is 7.33. The maximum Gasteiger partial charge on any atom is 0.223 e. The number of thiazole rings is 1. The molecular formula is C15H20N2OS. The van der Waals surface area contributed by atoms with Crippen molar-refractivity contribution in [3.05, 3.63) is 28.2 Å². The average Bonchev–Trinajstić information content (AvgIpc) is 3.01. The van der Waals surface area contributed by atoms with Crippen molar-refractivity contribution >= 4 is 17.2 Å². The number of aromatic nitrogens is 1. The molecule has 1 aliphatic heterocycles. The van der Waals surface area contributed by atoms with Gasteiger partial charge in [0.05, 0.1) is 11.7 Å². The standard InChI is InChI=1S/C15H20N2OS/c1-3-11-8-14(18)17(9-11)10(2)15-16-12-6-4-5-7-13(12)19-15/h3,10-11H,1,4-9H2,2H3. The van der Waals surface area contributed by atoms with Crippen molar-refractivity contribution in [2.75, 3.05) is 6.54 Å². The average molecular weight is 276 g/mol. The van der Waals surface area contributed by atoms with Gasteiger partial charge in [-0.1, -0.05) is 6.08 Å². The lowest BCUT2D eigenvalue weighted by molar-refractivity contribution is -0.129. The van der Waals surface area contributed by atoms with Crippen molar-refractivity contribution in [2.45, 2.75) is 45.1 Å². The lowest BCUT2D eigenvalue weighted by atomic mass is 10.0. The normalized spacial score (nSPS) is 24.4. The van der Waals surface area contributed by atoms with E-state index in [0.717, 1.165) is 18.0 Å². The summed E-state index contributed by atoms with van der Waals surface area (Å²) in [4.78, 5) is 20.2. The molecule has 0 spiro atoms. The lowest BCUT2D eigenvalue weighted by Gasteiger charge is -2.22. The number of amides is 1. The molecule has 0 radical (unpaired) electrons. The summed E-state index contributed by atoms with van der Waals surface area (Å²) in [6, 6.07) is 0.119. The number of aryl methyl sites for hydroxylation is 2. The zero-order valence-electron chi connectivity index (χ0n) is 11.4. The zero-order chi connectivity index (χ0) is 13.4. The quantitative estimate of drug-likeness (QED) is 0.795. The predicted molar refractivity (Wildman–Crippen MR) is 77.2 cm³/mol. The van der Waals surface area contributed by atoms with E-state index >= 15 is 0 Å². The van der Waals surface area contributed by atoms with Gasteiger partial charge in [-0.05, 0) is 32.6 Å². The first-order valence-corrected chi connectivity index (χ1v) is 7.91. The number of carbonyl (C=O) groups excluding carboxylic acids is 1. The zero-order valence-corrected chi connectivity index (χ0v) is 12.2. The van der Waals surface area contributed by atoms with Crippen molar-refractivity contribution in [1.29, 1.82) is 0 Å². The van der Waals surface area contributed by atoms with Crippen molar-refractivity contribution in [2.24, 2.45) is 5.92 Å². The highest BCUT2D eigenvalue weighted by Crippen LogP contribution is 2.34. The molecule has 1 fully saturated rings. The van der Waals surface area contributed by atoms with Crippen molar-refractivity contribution in [3.63, 3.8) is 0 Å². The van der Waals surface area contributed by atoms with Gasteiger partial charge in [0.15, 0.2) is 0 Å². The van der Waals surface area contributed by atoms with Crippen LogP contribution >= 0.6 is 11.3 Å². The van der Waals surface area contributed by atoms with Gasteiger partial charge in [-0.25, -0.2) is 4.98 Å². The SMILES string of the molecule is C=CC1CC(=O)N(C(C)c2nc3c(s2)CCCC3)C1. The molecule has 0 saturated carbocycles. The fourth-order valence-electron chi connectivity index (χ4n) is 2.98. The van der Waals surface area contributed by atoms with E-state index in [-0.39, 0.29) is 11.9 Å². The van der Waals surface area contributed by atoms with Crippen LogP contribution in [0.2, 0.25) is 0 Å². The minimum absolute atomic E-state index is 0.119. The van der Waals surface area contributed by atoms with Crippen LogP contribution in [0.25, 0.3) is 0 Å². The third-order valence-corrected chi connectivity index (χ3v) is 5.54. The Morgan fingerprint density at radius 3 is 2.95 bits per heavy atom. The fraction of sp³-hybridized carbons (Fsp3) is 0.600. The number of likely N-dealkylation sites (tertiary alicyclic amines) is 1.